The molecule has 1 aromatic carbocycles. The molecule has 0 aromatic heterocycles. The van der Waals surface area contributed by atoms with Crippen LogP contribution in [0.5, 0.6) is 0 Å². The predicted octanol–water partition coefficient (Wildman–Crippen LogP) is 1.34. The first-order valence-electron chi connectivity index (χ1n) is 7.88. The van der Waals surface area contributed by atoms with Crippen molar-refractivity contribution in [3.63, 3.8) is 0 Å². The summed E-state index contributed by atoms with van der Waals surface area (Å²) in [5, 5.41) is 0. The first-order valence-corrected chi connectivity index (χ1v) is 9.29. The summed E-state index contributed by atoms with van der Waals surface area (Å²) >= 11 is 0. The van der Waals surface area contributed by atoms with E-state index in [2.05, 4.69) is 0 Å². The van der Waals surface area contributed by atoms with Crippen molar-refractivity contribution in [2.45, 2.75) is 62.2 Å². The number of hydrogen-bond donors (Lipinski definition) is 0. The summed E-state index contributed by atoms with van der Waals surface area (Å²) in [5.41, 5.74) is 0.964. The molecule has 2 bridgehead atoms. The Morgan fingerprint density at radius 1 is 1.12 bits per heavy atom. The van der Waals surface area contributed by atoms with Crippen molar-refractivity contribution in [1.29, 1.82) is 0 Å². The minimum absolute atomic E-state index is 0.0861. The van der Waals surface area contributed by atoms with Crippen LogP contribution >= 0.6 is 0 Å². The molecule has 3 fully saturated rings. The molecule has 8 heteroatoms. The molecule has 7 nitrogen and oxygen atoms in total. The summed E-state index contributed by atoms with van der Waals surface area (Å²) in [6.07, 6.45) is -2.96. The highest BCUT2D eigenvalue weighted by Crippen LogP contribution is 2.42. The molecule has 3 saturated heterocycles. The number of aryl methyl sites for hydroxylation is 1. The quantitative estimate of drug-likeness (QED) is 0.756. The van der Waals surface area contributed by atoms with Gasteiger partial charge in [-0.05, 0) is 32.9 Å². The van der Waals surface area contributed by atoms with E-state index in [4.69, 9.17) is 23.1 Å². The van der Waals surface area contributed by atoms with Crippen LogP contribution in [0.3, 0.4) is 0 Å². The molecule has 0 spiro atoms. The van der Waals surface area contributed by atoms with Crippen molar-refractivity contribution in [1.82, 2.24) is 0 Å². The molecule has 0 unspecified atom stereocenters. The number of hydrogen-bond acceptors (Lipinski definition) is 7. The Morgan fingerprint density at radius 2 is 1.79 bits per heavy atom. The number of rotatable bonds is 3. The van der Waals surface area contributed by atoms with E-state index in [1.54, 1.807) is 26.0 Å². The van der Waals surface area contributed by atoms with Crippen molar-refractivity contribution in [2.24, 2.45) is 0 Å². The van der Waals surface area contributed by atoms with Gasteiger partial charge in [0.05, 0.1) is 11.5 Å². The first kappa shape index (κ1) is 16.4. The van der Waals surface area contributed by atoms with E-state index in [9.17, 15) is 8.42 Å². The van der Waals surface area contributed by atoms with Crippen LogP contribution in [-0.2, 0) is 33.2 Å². The second kappa shape index (κ2) is 5.48. The van der Waals surface area contributed by atoms with Gasteiger partial charge in [-0.1, -0.05) is 17.7 Å². The average Bonchev–Trinajstić information content (AvgIpc) is 3.07. The van der Waals surface area contributed by atoms with Crippen LogP contribution in [0.25, 0.3) is 0 Å². The summed E-state index contributed by atoms with van der Waals surface area (Å²) < 4.78 is 53.6. The smallest absolute Gasteiger partial charge is 0.297 e. The zero-order valence-corrected chi connectivity index (χ0v) is 14.5. The van der Waals surface area contributed by atoms with E-state index in [-0.39, 0.29) is 11.0 Å². The molecule has 3 heterocycles. The fourth-order valence-electron chi connectivity index (χ4n) is 3.31. The largest absolute Gasteiger partial charge is 0.347 e. The highest BCUT2D eigenvalue weighted by atomic mass is 32.2. The molecular formula is C16H20O7S. The predicted molar refractivity (Wildman–Crippen MR) is 81.7 cm³/mol. The van der Waals surface area contributed by atoms with Crippen molar-refractivity contribution in [2.75, 3.05) is 6.61 Å². The lowest BCUT2D eigenvalue weighted by Crippen LogP contribution is -2.53. The van der Waals surface area contributed by atoms with E-state index in [1.165, 1.54) is 12.1 Å². The zero-order valence-electron chi connectivity index (χ0n) is 13.7. The van der Waals surface area contributed by atoms with Gasteiger partial charge in [-0.25, -0.2) is 0 Å². The van der Waals surface area contributed by atoms with Gasteiger partial charge in [0.25, 0.3) is 10.1 Å². The molecule has 0 aliphatic carbocycles. The summed E-state index contributed by atoms with van der Waals surface area (Å²) in [5.74, 6) is -0.821. The number of fused-ring (bicyclic) bond motifs is 4. The monoisotopic (exact) mass is 356 g/mol. The Morgan fingerprint density at radius 3 is 2.50 bits per heavy atom. The molecule has 1 aromatic rings. The molecule has 0 saturated carbocycles. The molecular weight excluding hydrogens is 336 g/mol. The van der Waals surface area contributed by atoms with Crippen molar-refractivity contribution < 1.29 is 31.5 Å². The highest BCUT2D eigenvalue weighted by Gasteiger charge is 2.60. The van der Waals surface area contributed by atoms with Gasteiger partial charge in [0.15, 0.2) is 18.2 Å². The molecule has 0 N–H and O–H groups in total. The second-order valence-electron chi connectivity index (χ2n) is 6.77. The summed E-state index contributed by atoms with van der Waals surface area (Å²) in [4.78, 5) is 0.0861. The molecule has 3 aliphatic rings. The maximum Gasteiger partial charge on any atom is 0.297 e. The normalized spacial score (nSPS) is 37.4. The molecule has 132 valence electrons. The molecule has 5 atom stereocenters. The lowest BCUT2D eigenvalue weighted by Gasteiger charge is -2.34. The Labute approximate surface area is 140 Å². The van der Waals surface area contributed by atoms with Gasteiger partial charge in [-0.2, -0.15) is 8.42 Å². The third-order valence-corrected chi connectivity index (χ3v) is 5.73. The van der Waals surface area contributed by atoms with E-state index >= 15 is 0 Å². The summed E-state index contributed by atoms with van der Waals surface area (Å²) in [6, 6.07) is 6.47. The number of ether oxygens (including phenoxy) is 4. The number of benzene rings is 1. The van der Waals surface area contributed by atoms with Crippen LogP contribution in [0.2, 0.25) is 0 Å². The van der Waals surface area contributed by atoms with E-state index in [0.29, 0.717) is 6.61 Å². The van der Waals surface area contributed by atoms with Gasteiger partial charge >= 0.3 is 0 Å². The fourth-order valence-corrected chi connectivity index (χ4v) is 4.38. The molecule has 3 aliphatic heterocycles. The van der Waals surface area contributed by atoms with Crippen molar-refractivity contribution >= 4 is 10.1 Å². The van der Waals surface area contributed by atoms with E-state index in [1.807, 2.05) is 6.92 Å². The lowest BCUT2D eigenvalue weighted by molar-refractivity contribution is -0.194. The highest BCUT2D eigenvalue weighted by molar-refractivity contribution is 7.86. The summed E-state index contributed by atoms with van der Waals surface area (Å²) in [6.45, 7) is 5.78. The van der Waals surface area contributed by atoms with Crippen LogP contribution in [0.4, 0.5) is 0 Å². The topological polar surface area (TPSA) is 80.3 Å². The van der Waals surface area contributed by atoms with Gasteiger partial charge in [-0.15, -0.1) is 0 Å². The van der Waals surface area contributed by atoms with E-state index < -0.39 is 40.5 Å². The van der Waals surface area contributed by atoms with Crippen LogP contribution < -0.4 is 0 Å². The third-order valence-electron chi connectivity index (χ3n) is 4.40. The Hall–Kier alpha value is -1.03. The average molecular weight is 356 g/mol. The first-order chi connectivity index (χ1) is 11.3. The SMILES string of the molecule is Cc1ccc(S(=O)(=O)O[C@@H]2[C@@H]3OC[C@H](O3)[C@H]3OC(C)(C)O[C@H]23)cc1. The Kier molecular flexibility index (Phi) is 3.76. The van der Waals surface area contributed by atoms with Gasteiger partial charge in [0.2, 0.25) is 0 Å². The Balaban J connectivity index is 1.62. The van der Waals surface area contributed by atoms with Crippen LogP contribution in [0.15, 0.2) is 29.2 Å². The van der Waals surface area contributed by atoms with Gasteiger partial charge in [-0.3, -0.25) is 4.18 Å². The lowest BCUT2D eigenvalue weighted by atomic mass is 10.0. The maximum atomic E-state index is 12.6. The second-order valence-corrected chi connectivity index (χ2v) is 8.34. The Bertz CT molecular complexity index is 727. The van der Waals surface area contributed by atoms with Gasteiger partial charge < -0.3 is 18.9 Å². The van der Waals surface area contributed by atoms with Crippen LogP contribution in [0.1, 0.15) is 19.4 Å². The summed E-state index contributed by atoms with van der Waals surface area (Å²) in [7, 11) is -3.97. The molecule has 4 rings (SSSR count). The fraction of sp³-hybridized carbons (Fsp3) is 0.625. The molecule has 0 radical (unpaired) electrons. The molecule has 24 heavy (non-hydrogen) atoms. The third kappa shape index (κ3) is 2.77. The van der Waals surface area contributed by atoms with Gasteiger partial charge in [0, 0.05) is 0 Å². The van der Waals surface area contributed by atoms with Gasteiger partial charge in [0.1, 0.15) is 18.3 Å². The maximum absolute atomic E-state index is 12.6. The van der Waals surface area contributed by atoms with Crippen LogP contribution in [0, 0.1) is 6.92 Å². The van der Waals surface area contributed by atoms with Crippen molar-refractivity contribution in [3.8, 4) is 0 Å². The molecule has 0 amide bonds. The van der Waals surface area contributed by atoms with E-state index in [0.717, 1.165) is 5.56 Å². The standard InChI is InChI=1S/C16H20O7S/c1-9-4-6-10(7-5-9)24(17,18)23-14-13-12(21-16(2,3)22-13)11-8-19-15(14)20-11/h4-7,11-15H,8H2,1-3H3/t11-,12+,13-,14-,15+/m0/s1. The zero-order chi connectivity index (χ0) is 17.1. The minimum Gasteiger partial charge on any atom is -0.347 e. The minimum atomic E-state index is -3.97. The van der Waals surface area contributed by atoms with Crippen molar-refractivity contribution in [3.05, 3.63) is 29.8 Å². The van der Waals surface area contributed by atoms with Crippen LogP contribution in [-0.4, -0.2) is 51.5 Å².